The normalized spacial score (nSPS) is 23.8. The molecule has 0 amide bonds. The van der Waals surface area contributed by atoms with E-state index in [1.807, 2.05) is 24.5 Å². The zero-order valence-corrected chi connectivity index (χ0v) is 22.9. The van der Waals surface area contributed by atoms with Gasteiger partial charge in [-0.3, -0.25) is 14.1 Å². The van der Waals surface area contributed by atoms with Crippen LogP contribution >= 0.6 is 0 Å². The van der Waals surface area contributed by atoms with Crippen LogP contribution < -0.4 is 5.69 Å². The number of hydrogen-bond acceptors (Lipinski definition) is 5. The average Bonchev–Trinajstić information content (AvgIpc) is 3.58. The van der Waals surface area contributed by atoms with E-state index in [0.717, 1.165) is 55.3 Å². The molecular formula is C30H41N7O. The van der Waals surface area contributed by atoms with Crippen molar-refractivity contribution in [1.29, 1.82) is 0 Å². The van der Waals surface area contributed by atoms with E-state index >= 15 is 0 Å². The second kappa shape index (κ2) is 12.0. The monoisotopic (exact) mass is 515 g/mol. The van der Waals surface area contributed by atoms with E-state index in [2.05, 4.69) is 73.0 Å². The molecule has 38 heavy (non-hydrogen) atoms. The highest BCUT2D eigenvalue weighted by molar-refractivity contribution is 5.65. The smallest absolute Gasteiger partial charge is 0.296 e. The van der Waals surface area contributed by atoms with Crippen LogP contribution in [-0.2, 0) is 18.4 Å². The summed E-state index contributed by atoms with van der Waals surface area (Å²) in [5, 5.41) is 14.5. The predicted octanol–water partition coefficient (Wildman–Crippen LogP) is 6.02. The third kappa shape index (κ3) is 5.45. The number of nitrogens with zero attached hydrogens (tertiary/aromatic N) is 6. The SMILES string of the molecule is CCCCc1cn(C2CCCCCCC2CC)c(=O)n1CC1(c2cccc(-c3nnn[nH]3)c2)C=CN=CC1. The highest BCUT2D eigenvalue weighted by Gasteiger charge is 2.34. The van der Waals surface area contributed by atoms with E-state index in [-0.39, 0.29) is 17.1 Å². The van der Waals surface area contributed by atoms with E-state index < -0.39 is 0 Å². The van der Waals surface area contributed by atoms with Gasteiger partial charge in [-0.25, -0.2) is 9.89 Å². The lowest BCUT2D eigenvalue weighted by molar-refractivity contribution is 0.248. The number of tetrazole rings is 1. The zero-order valence-electron chi connectivity index (χ0n) is 22.9. The van der Waals surface area contributed by atoms with E-state index in [0.29, 0.717) is 18.3 Å². The van der Waals surface area contributed by atoms with Crippen molar-refractivity contribution < 1.29 is 0 Å². The molecule has 0 saturated heterocycles. The second-order valence-electron chi connectivity index (χ2n) is 11.1. The fourth-order valence-corrected chi connectivity index (χ4v) is 6.39. The Hall–Kier alpha value is -3.29. The maximum Gasteiger partial charge on any atom is 0.328 e. The number of rotatable bonds is 9. The molecule has 0 bridgehead atoms. The summed E-state index contributed by atoms with van der Waals surface area (Å²) in [7, 11) is 0. The average molecular weight is 516 g/mol. The van der Waals surface area contributed by atoms with Crippen molar-refractivity contribution in [1.82, 2.24) is 29.8 Å². The molecule has 1 N–H and O–H groups in total. The van der Waals surface area contributed by atoms with Gasteiger partial charge in [-0.2, -0.15) is 0 Å². The van der Waals surface area contributed by atoms with Crippen LogP contribution in [0.3, 0.4) is 0 Å². The first-order chi connectivity index (χ1) is 18.6. The number of H-pyrrole nitrogens is 1. The van der Waals surface area contributed by atoms with Gasteiger partial charge in [-0.15, -0.1) is 5.10 Å². The van der Waals surface area contributed by atoms with Gasteiger partial charge >= 0.3 is 5.69 Å². The highest BCUT2D eigenvalue weighted by atomic mass is 16.1. The molecule has 5 rings (SSSR count). The van der Waals surface area contributed by atoms with Crippen molar-refractivity contribution in [3.63, 3.8) is 0 Å². The molecule has 3 heterocycles. The van der Waals surface area contributed by atoms with Crippen molar-refractivity contribution in [3.05, 3.63) is 64.5 Å². The Bertz CT molecular complexity index is 1300. The standard InChI is InChI=1S/C30H41N7O/c1-3-5-14-26-21-36(27-15-9-7-6-8-11-23(27)4-2)29(38)37(26)22-30(16-18-31-19-17-30)25-13-10-12-24(20-25)28-32-34-35-33-28/h10,12-13,16,18-21,23,27H,3-9,11,14-15,17,22H2,1-2H3,(H,32,33,34,35). The number of aliphatic imine (C=N–C) groups is 1. The minimum Gasteiger partial charge on any atom is -0.296 e. The molecule has 2 aromatic heterocycles. The van der Waals surface area contributed by atoms with Crippen LogP contribution in [0.2, 0.25) is 0 Å². The number of aromatic nitrogens is 6. The predicted molar refractivity (Wildman–Crippen MR) is 151 cm³/mol. The summed E-state index contributed by atoms with van der Waals surface area (Å²) in [6.07, 6.45) is 20.6. The summed E-state index contributed by atoms with van der Waals surface area (Å²) >= 11 is 0. The molecular weight excluding hydrogens is 474 g/mol. The lowest BCUT2D eigenvalue weighted by atomic mass is 9.76. The van der Waals surface area contributed by atoms with Gasteiger partial charge in [0.1, 0.15) is 0 Å². The van der Waals surface area contributed by atoms with E-state index in [4.69, 9.17) is 0 Å². The molecule has 1 aliphatic heterocycles. The van der Waals surface area contributed by atoms with E-state index in [9.17, 15) is 4.79 Å². The molecule has 8 nitrogen and oxygen atoms in total. The number of unbranched alkanes of at least 4 members (excludes halogenated alkanes) is 1. The summed E-state index contributed by atoms with van der Waals surface area (Å²) in [5.41, 5.74) is 2.98. The quantitative estimate of drug-likeness (QED) is 0.377. The van der Waals surface area contributed by atoms with Crippen LogP contribution in [0.25, 0.3) is 11.4 Å². The Morgan fingerprint density at radius 2 is 2.00 bits per heavy atom. The molecule has 0 spiro atoms. The number of allylic oxidation sites excluding steroid dienone is 1. The van der Waals surface area contributed by atoms with Gasteiger partial charge in [0.15, 0.2) is 5.82 Å². The van der Waals surface area contributed by atoms with Crippen LogP contribution in [0.4, 0.5) is 0 Å². The lowest BCUT2D eigenvalue weighted by Gasteiger charge is -2.32. The fraction of sp³-hybridized carbons (Fsp3) is 0.567. The number of aromatic amines is 1. The Kier molecular flexibility index (Phi) is 8.35. The third-order valence-corrected chi connectivity index (χ3v) is 8.66. The molecule has 8 heteroatoms. The molecule has 1 aliphatic carbocycles. The second-order valence-corrected chi connectivity index (χ2v) is 11.1. The molecule has 1 aromatic carbocycles. The van der Waals surface area contributed by atoms with Crippen LogP contribution in [0.1, 0.15) is 95.4 Å². The molecule has 3 atom stereocenters. The van der Waals surface area contributed by atoms with Crippen molar-refractivity contribution in [2.45, 2.75) is 102 Å². The lowest BCUT2D eigenvalue weighted by Crippen LogP contribution is -2.38. The molecule has 1 saturated carbocycles. The molecule has 2 aliphatic rings. The van der Waals surface area contributed by atoms with Gasteiger partial charge in [0.25, 0.3) is 0 Å². The zero-order chi connectivity index (χ0) is 26.4. The van der Waals surface area contributed by atoms with Crippen LogP contribution in [0.5, 0.6) is 0 Å². The van der Waals surface area contributed by atoms with E-state index in [1.165, 1.54) is 32.1 Å². The first kappa shape index (κ1) is 26.3. The number of hydrogen-bond donors (Lipinski definition) is 1. The van der Waals surface area contributed by atoms with Gasteiger partial charge in [-0.05, 0) is 60.1 Å². The minimum absolute atomic E-state index is 0.144. The number of benzene rings is 1. The van der Waals surface area contributed by atoms with Gasteiger partial charge < -0.3 is 0 Å². The fourth-order valence-electron chi connectivity index (χ4n) is 6.39. The molecule has 202 valence electrons. The Labute approximate surface area is 225 Å². The van der Waals surface area contributed by atoms with Crippen molar-refractivity contribution in [3.8, 4) is 11.4 Å². The maximum absolute atomic E-state index is 14.2. The molecule has 3 unspecified atom stereocenters. The summed E-state index contributed by atoms with van der Waals surface area (Å²) in [6, 6.07) is 8.62. The molecule has 1 fully saturated rings. The van der Waals surface area contributed by atoms with Gasteiger partial charge in [-0.1, -0.05) is 76.6 Å². The Morgan fingerprint density at radius 1 is 1.13 bits per heavy atom. The topological polar surface area (TPSA) is 93.7 Å². The third-order valence-electron chi connectivity index (χ3n) is 8.66. The first-order valence-electron chi connectivity index (χ1n) is 14.5. The number of nitrogens with one attached hydrogen (secondary N) is 1. The summed E-state index contributed by atoms with van der Waals surface area (Å²) in [4.78, 5) is 18.6. The van der Waals surface area contributed by atoms with Crippen LogP contribution in [-0.4, -0.2) is 36.0 Å². The molecule has 3 aromatic rings. The summed E-state index contributed by atoms with van der Waals surface area (Å²) in [6.45, 7) is 5.09. The maximum atomic E-state index is 14.2. The number of aryl methyl sites for hydroxylation is 1. The van der Waals surface area contributed by atoms with E-state index in [1.54, 1.807) is 0 Å². The summed E-state index contributed by atoms with van der Waals surface area (Å²) < 4.78 is 4.20. The summed E-state index contributed by atoms with van der Waals surface area (Å²) in [5.74, 6) is 1.20. The largest absolute Gasteiger partial charge is 0.328 e. The first-order valence-corrected chi connectivity index (χ1v) is 14.5. The minimum atomic E-state index is -0.382. The van der Waals surface area contributed by atoms with Gasteiger partial charge in [0.05, 0.1) is 0 Å². The Morgan fingerprint density at radius 3 is 2.74 bits per heavy atom. The Balaban J connectivity index is 1.56. The van der Waals surface area contributed by atoms with Gasteiger partial charge in [0, 0.05) is 47.9 Å². The van der Waals surface area contributed by atoms with Crippen molar-refractivity contribution in [2.75, 3.05) is 0 Å². The number of imidazole rings is 1. The van der Waals surface area contributed by atoms with Crippen LogP contribution in [0.15, 0.2) is 52.5 Å². The van der Waals surface area contributed by atoms with Crippen LogP contribution in [0, 0.1) is 5.92 Å². The van der Waals surface area contributed by atoms with Gasteiger partial charge in [0.2, 0.25) is 0 Å². The van der Waals surface area contributed by atoms with Crippen molar-refractivity contribution in [2.24, 2.45) is 10.9 Å². The molecule has 0 radical (unpaired) electrons. The highest BCUT2D eigenvalue weighted by Crippen LogP contribution is 2.37. The van der Waals surface area contributed by atoms with Crippen molar-refractivity contribution >= 4 is 6.21 Å².